The fraction of sp³-hybridized carbons (Fsp3) is 0.154. The van der Waals surface area contributed by atoms with Crippen molar-refractivity contribution in [2.24, 2.45) is 0 Å². The Hall–Kier alpha value is -2.31. The molecular formula is C13H9F4NO2. The molecule has 0 aliphatic carbocycles. The highest BCUT2D eigenvalue weighted by atomic mass is 19.4. The van der Waals surface area contributed by atoms with Crippen LogP contribution in [0.3, 0.4) is 0 Å². The van der Waals surface area contributed by atoms with Crippen molar-refractivity contribution in [2.45, 2.75) is 6.36 Å². The molecule has 7 heteroatoms. The molecular weight excluding hydrogens is 278 g/mol. The SMILES string of the molecule is COc1cc(-c2ccc(OC(F)(F)F)cc2)cc(F)n1. The Kier molecular flexibility index (Phi) is 3.78. The Bertz CT molecular complexity index is 596. The van der Waals surface area contributed by atoms with E-state index in [1.54, 1.807) is 0 Å². The van der Waals surface area contributed by atoms with E-state index in [1.165, 1.54) is 25.3 Å². The molecule has 106 valence electrons. The summed E-state index contributed by atoms with van der Waals surface area (Å²) >= 11 is 0. The van der Waals surface area contributed by atoms with Gasteiger partial charge in [-0.3, -0.25) is 0 Å². The van der Waals surface area contributed by atoms with Crippen LogP contribution in [0.15, 0.2) is 36.4 Å². The molecule has 0 bridgehead atoms. The lowest BCUT2D eigenvalue weighted by atomic mass is 10.1. The summed E-state index contributed by atoms with van der Waals surface area (Å²) < 4.78 is 57.9. The molecule has 1 aromatic heterocycles. The third kappa shape index (κ3) is 3.59. The molecule has 2 aromatic rings. The molecule has 0 N–H and O–H groups in total. The quantitative estimate of drug-likeness (QED) is 0.635. The van der Waals surface area contributed by atoms with Gasteiger partial charge in [-0.15, -0.1) is 13.2 Å². The topological polar surface area (TPSA) is 31.4 Å². The maximum atomic E-state index is 13.2. The second-order valence-corrected chi connectivity index (χ2v) is 3.79. The number of rotatable bonds is 3. The highest BCUT2D eigenvalue weighted by Gasteiger charge is 2.30. The normalized spacial score (nSPS) is 11.2. The van der Waals surface area contributed by atoms with Crippen molar-refractivity contribution in [1.29, 1.82) is 0 Å². The van der Waals surface area contributed by atoms with Gasteiger partial charge in [0.25, 0.3) is 0 Å². The van der Waals surface area contributed by atoms with Gasteiger partial charge in [-0.2, -0.15) is 9.37 Å². The van der Waals surface area contributed by atoms with Crippen LogP contribution in [0.25, 0.3) is 11.1 Å². The fourth-order valence-electron chi connectivity index (χ4n) is 1.59. The van der Waals surface area contributed by atoms with Crippen LogP contribution in [-0.4, -0.2) is 18.5 Å². The third-order valence-corrected chi connectivity index (χ3v) is 2.40. The summed E-state index contributed by atoms with van der Waals surface area (Å²) in [6, 6.07) is 7.69. The smallest absolute Gasteiger partial charge is 0.481 e. The highest BCUT2D eigenvalue weighted by Crippen LogP contribution is 2.28. The second kappa shape index (κ2) is 5.36. The molecule has 0 saturated heterocycles. The molecule has 2 rings (SSSR count). The van der Waals surface area contributed by atoms with Crippen LogP contribution < -0.4 is 9.47 Å². The van der Waals surface area contributed by atoms with Gasteiger partial charge in [0.2, 0.25) is 11.8 Å². The van der Waals surface area contributed by atoms with E-state index in [0.717, 1.165) is 18.2 Å². The van der Waals surface area contributed by atoms with E-state index in [2.05, 4.69) is 9.72 Å². The van der Waals surface area contributed by atoms with Gasteiger partial charge in [0, 0.05) is 12.1 Å². The number of methoxy groups -OCH3 is 1. The van der Waals surface area contributed by atoms with Crippen LogP contribution in [0.2, 0.25) is 0 Å². The predicted molar refractivity (Wildman–Crippen MR) is 62.9 cm³/mol. The Balaban J connectivity index is 2.28. The number of hydrogen-bond donors (Lipinski definition) is 0. The molecule has 1 aromatic carbocycles. The van der Waals surface area contributed by atoms with E-state index in [1.807, 2.05) is 0 Å². The number of benzene rings is 1. The molecule has 0 atom stereocenters. The summed E-state index contributed by atoms with van der Waals surface area (Å²) in [4.78, 5) is 3.48. The van der Waals surface area contributed by atoms with Crippen molar-refractivity contribution in [3.05, 3.63) is 42.3 Å². The van der Waals surface area contributed by atoms with Crippen molar-refractivity contribution in [3.63, 3.8) is 0 Å². The third-order valence-electron chi connectivity index (χ3n) is 2.40. The molecule has 0 radical (unpaired) electrons. The molecule has 0 saturated carbocycles. The molecule has 0 amide bonds. The second-order valence-electron chi connectivity index (χ2n) is 3.79. The van der Waals surface area contributed by atoms with Gasteiger partial charge < -0.3 is 9.47 Å². The first-order valence-electron chi connectivity index (χ1n) is 5.45. The zero-order valence-corrected chi connectivity index (χ0v) is 10.2. The van der Waals surface area contributed by atoms with E-state index in [0.29, 0.717) is 11.1 Å². The average molecular weight is 287 g/mol. The molecule has 0 spiro atoms. The molecule has 0 fully saturated rings. The molecule has 0 aliphatic heterocycles. The van der Waals surface area contributed by atoms with Crippen LogP contribution in [0.4, 0.5) is 17.6 Å². The van der Waals surface area contributed by atoms with Crippen molar-refractivity contribution in [3.8, 4) is 22.8 Å². The zero-order chi connectivity index (χ0) is 14.8. The minimum absolute atomic E-state index is 0.0793. The Morgan fingerprint density at radius 2 is 1.65 bits per heavy atom. The van der Waals surface area contributed by atoms with E-state index in [4.69, 9.17) is 4.74 Å². The summed E-state index contributed by atoms with van der Waals surface area (Å²) in [5.41, 5.74) is 0.951. The summed E-state index contributed by atoms with van der Waals surface area (Å²) in [5, 5.41) is 0. The number of hydrogen-bond acceptors (Lipinski definition) is 3. The van der Waals surface area contributed by atoms with Gasteiger partial charge in [0.15, 0.2) is 0 Å². The lowest BCUT2D eigenvalue weighted by Gasteiger charge is -2.09. The number of alkyl halides is 3. The number of pyridine rings is 1. The number of nitrogens with zero attached hydrogens (tertiary/aromatic N) is 1. The lowest BCUT2D eigenvalue weighted by Crippen LogP contribution is -2.16. The maximum absolute atomic E-state index is 13.2. The van der Waals surface area contributed by atoms with E-state index in [9.17, 15) is 17.6 Å². The van der Waals surface area contributed by atoms with Gasteiger partial charge in [0.1, 0.15) is 5.75 Å². The number of halogens is 4. The van der Waals surface area contributed by atoms with Crippen LogP contribution in [0, 0.1) is 5.95 Å². The Labute approximate surface area is 111 Å². The first-order chi connectivity index (χ1) is 9.37. The highest BCUT2D eigenvalue weighted by molar-refractivity contribution is 5.64. The summed E-state index contributed by atoms with van der Waals surface area (Å²) in [5.74, 6) is -1.01. The zero-order valence-electron chi connectivity index (χ0n) is 10.2. The summed E-state index contributed by atoms with van der Waals surface area (Å²) in [6.45, 7) is 0. The van der Waals surface area contributed by atoms with Gasteiger partial charge in [0.05, 0.1) is 7.11 Å². The predicted octanol–water partition coefficient (Wildman–Crippen LogP) is 3.79. The minimum Gasteiger partial charge on any atom is -0.481 e. The van der Waals surface area contributed by atoms with Crippen LogP contribution in [0.1, 0.15) is 0 Å². The van der Waals surface area contributed by atoms with Gasteiger partial charge in [-0.05, 0) is 23.3 Å². The standard InChI is InChI=1S/C13H9F4NO2/c1-19-12-7-9(6-11(14)18-12)8-2-4-10(5-3-8)20-13(15,16)17/h2-7H,1H3. The van der Waals surface area contributed by atoms with E-state index >= 15 is 0 Å². The molecule has 3 nitrogen and oxygen atoms in total. The maximum Gasteiger partial charge on any atom is 0.573 e. The first kappa shape index (κ1) is 14.1. The fourth-order valence-corrected chi connectivity index (χ4v) is 1.59. The van der Waals surface area contributed by atoms with Gasteiger partial charge in [-0.25, -0.2) is 0 Å². The van der Waals surface area contributed by atoms with Crippen molar-refractivity contribution < 1.29 is 27.0 Å². The average Bonchev–Trinajstić information content (AvgIpc) is 2.37. The minimum atomic E-state index is -4.74. The Morgan fingerprint density at radius 3 is 2.20 bits per heavy atom. The summed E-state index contributed by atoms with van der Waals surface area (Å²) in [7, 11) is 1.34. The van der Waals surface area contributed by atoms with Crippen molar-refractivity contribution in [2.75, 3.05) is 7.11 Å². The Morgan fingerprint density at radius 1 is 1.00 bits per heavy atom. The van der Waals surface area contributed by atoms with E-state index < -0.39 is 12.3 Å². The van der Waals surface area contributed by atoms with Gasteiger partial charge in [-0.1, -0.05) is 12.1 Å². The number of ether oxygens (including phenoxy) is 2. The first-order valence-corrected chi connectivity index (χ1v) is 5.45. The van der Waals surface area contributed by atoms with E-state index in [-0.39, 0.29) is 11.6 Å². The van der Waals surface area contributed by atoms with Crippen LogP contribution in [-0.2, 0) is 0 Å². The summed E-state index contributed by atoms with van der Waals surface area (Å²) in [6.07, 6.45) is -4.74. The van der Waals surface area contributed by atoms with Crippen molar-refractivity contribution >= 4 is 0 Å². The van der Waals surface area contributed by atoms with Gasteiger partial charge >= 0.3 is 6.36 Å². The molecule has 1 heterocycles. The van der Waals surface area contributed by atoms with Crippen LogP contribution >= 0.6 is 0 Å². The lowest BCUT2D eigenvalue weighted by molar-refractivity contribution is -0.274. The molecule has 0 unspecified atom stereocenters. The number of aromatic nitrogens is 1. The van der Waals surface area contributed by atoms with Crippen LogP contribution in [0.5, 0.6) is 11.6 Å². The van der Waals surface area contributed by atoms with Crippen molar-refractivity contribution in [1.82, 2.24) is 4.98 Å². The molecule has 20 heavy (non-hydrogen) atoms. The largest absolute Gasteiger partial charge is 0.573 e. The monoisotopic (exact) mass is 287 g/mol. The molecule has 0 aliphatic rings.